The Labute approximate surface area is 127 Å². The Morgan fingerprint density at radius 1 is 1.14 bits per heavy atom. The van der Waals surface area contributed by atoms with Gasteiger partial charge in [-0.1, -0.05) is 18.2 Å². The molecule has 0 aliphatic heterocycles. The fourth-order valence-electron chi connectivity index (χ4n) is 1.87. The molecule has 5 nitrogen and oxygen atoms in total. The quantitative estimate of drug-likeness (QED) is 0.655. The lowest BCUT2D eigenvalue weighted by atomic mass is 10.0. The molecule has 0 saturated carbocycles. The van der Waals surface area contributed by atoms with Gasteiger partial charge in [-0.3, -0.25) is 4.79 Å². The second kappa shape index (κ2) is 6.58. The highest BCUT2D eigenvalue weighted by Gasteiger charge is 2.12. The minimum Gasteiger partial charge on any atom is -0.507 e. The summed E-state index contributed by atoms with van der Waals surface area (Å²) in [6, 6.07) is 10.7. The van der Waals surface area contributed by atoms with Gasteiger partial charge in [-0.15, -0.1) is 0 Å². The van der Waals surface area contributed by atoms with Gasteiger partial charge in [0.15, 0.2) is 5.78 Å². The van der Waals surface area contributed by atoms with Gasteiger partial charge in [0, 0.05) is 0 Å². The number of aromatic carboxylic acids is 1. The number of carboxylic acid groups (broad SMARTS) is 1. The number of ether oxygens (including phenoxy) is 1. The number of benzene rings is 2. The average Bonchev–Trinajstić information content (AvgIpc) is 2.53. The SMILES string of the molecule is COc1cccc(/C=C/C(=O)c2cc(C(=O)O)ccc2O)c1. The number of carboxylic acids is 1. The molecule has 0 aliphatic rings. The molecular formula is C17H14O5. The number of aromatic hydroxyl groups is 1. The van der Waals surface area contributed by atoms with Crippen molar-refractivity contribution < 1.29 is 24.5 Å². The van der Waals surface area contributed by atoms with Gasteiger partial charge in [0.25, 0.3) is 0 Å². The third kappa shape index (κ3) is 3.52. The van der Waals surface area contributed by atoms with Crippen LogP contribution in [0.25, 0.3) is 6.08 Å². The molecule has 0 heterocycles. The van der Waals surface area contributed by atoms with Crippen molar-refractivity contribution >= 4 is 17.8 Å². The molecule has 22 heavy (non-hydrogen) atoms. The summed E-state index contributed by atoms with van der Waals surface area (Å²) in [5.74, 6) is -1.25. The number of phenols is 1. The van der Waals surface area contributed by atoms with Crippen molar-refractivity contribution in [1.29, 1.82) is 0 Å². The van der Waals surface area contributed by atoms with Crippen molar-refractivity contribution in [3.63, 3.8) is 0 Å². The van der Waals surface area contributed by atoms with E-state index in [9.17, 15) is 14.7 Å². The standard InChI is InChI=1S/C17H14O5/c1-22-13-4-2-3-11(9-13)5-7-15(18)14-10-12(17(20)21)6-8-16(14)19/h2-10,19H,1H3,(H,20,21)/b7-5+. The molecule has 5 heteroatoms. The van der Waals surface area contributed by atoms with Gasteiger partial charge in [0.2, 0.25) is 0 Å². The van der Waals surface area contributed by atoms with E-state index in [0.29, 0.717) is 5.75 Å². The Morgan fingerprint density at radius 2 is 1.91 bits per heavy atom. The first-order chi connectivity index (χ1) is 10.5. The first-order valence-electron chi connectivity index (χ1n) is 6.44. The van der Waals surface area contributed by atoms with Crippen LogP contribution in [0.5, 0.6) is 11.5 Å². The van der Waals surface area contributed by atoms with Crippen LogP contribution >= 0.6 is 0 Å². The normalized spacial score (nSPS) is 10.6. The van der Waals surface area contributed by atoms with Crippen LogP contribution in [0.15, 0.2) is 48.5 Å². The molecule has 0 unspecified atom stereocenters. The highest BCUT2D eigenvalue weighted by molar-refractivity contribution is 6.09. The van der Waals surface area contributed by atoms with Gasteiger partial charge < -0.3 is 14.9 Å². The molecule has 0 bridgehead atoms. The number of carbonyl (C=O) groups excluding carboxylic acids is 1. The topological polar surface area (TPSA) is 83.8 Å². The zero-order chi connectivity index (χ0) is 16.1. The van der Waals surface area contributed by atoms with E-state index >= 15 is 0 Å². The Bertz CT molecular complexity index is 746. The minimum absolute atomic E-state index is 0.0564. The lowest BCUT2D eigenvalue weighted by Crippen LogP contribution is -2.01. The minimum atomic E-state index is -1.16. The van der Waals surface area contributed by atoms with Crippen molar-refractivity contribution in [2.45, 2.75) is 0 Å². The van der Waals surface area contributed by atoms with E-state index in [4.69, 9.17) is 9.84 Å². The molecule has 2 N–H and O–H groups in total. The number of allylic oxidation sites excluding steroid dienone is 1. The monoisotopic (exact) mass is 298 g/mol. The maximum absolute atomic E-state index is 12.1. The van der Waals surface area contributed by atoms with E-state index in [0.717, 1.165) is 11.6 Å². The molecule has 2 rings (SSSR count). The van der Waals surface area contributed by atoms with Crippen molar-refractivity contribution in [1.82, 2.24) is 0 Å². The summed E-state index contributed by atoms with van der Waals surface area (Å²) >= 11 is 0. The second-order valence-corrected chi connectivity index (χ2v) is 4.51. The van der Waals surface area contributed by atoms with Gasteiger partial charge >= 0.3 is 5.97 Å². The Balaban J connectivity index is 2.26. The number of hydrogen-bond donors (Lipinski definition) is 2. The van der Waals surface area contributed by atoms with Crippen molar-refractivity contribution in [2.24, 2.45) is 0 Å². The van der Waals surface area contributed by atoms with Crippen LogP contribution in [0.4, 0.5) is 0 Å². The van der Waals surface area contributed by atoms with Crippen LogP contribution < -0.4 is 4.74 Å². The van der Waals surface area contributed by atoms with E-state index in [1.165, 1.54) is 18.2 Å². The Kier molecular flexibility index (Phi) is 4.58. The summed E-state index contributed by atoms with van der Waals surface area (Å²) in [6.45, 7) is 0. The number of phenolic OH excluding ortho intramolecular Hbond substituents is 1. The molecule has 0 saturated heterocycles. The van der Waals surface area contributed by atoms with E-state index in [2.05, 4.69) is 0 Å². The van der Waals surface area contributed by atoms with Crippen LogP contribution in [0, 0.1) is 0 Å². The summed E-state index contributed by atoms with van der Waals surface area (Å²) in [6.07, 6.45) is 2.84. The number of carbonyl (C=O) groups is 2. The molecule has 0 atom stereocenters. The fraction of sp³-hybridized carbons (Fsp3) is 0.0588. The first-order valence-corrected chi connectivity index (χ1v) is 6.44. The van der Waals surface area contributed by atoms with Crippen LogP contribution in [0.2, 0.25) is 0 Å². The Morgan fingerprint density at radius 3 is 2.59 bits per heavy atom. The van der Waals surface area contributed by atoms with Gasteiger partial charge in [0.05, 0.1) is 18.2 Å². The second-order valence-electron chi connectivity index (χ2n) is 4.51. The molecule has 0 amide bonds. The fourth-order valence-corrected chi connectivity index (χ4v) is 1.87. The van der Waals surface area contributed by atoms with Crippen molar-refractivity contribution in [3.05, 3.63) is 65.2 Å². The maximum atomic E-state index is 12.1. The van der Waals surface area contributed by atoms with Crippen LogP contribution in [-0.4, -0.2) is 29.1 Å². The van der Waals surface area contributed by atoms with Gasteiger partial charge in [0.1, 0.15) is 11.5 Å². The molecule has 0 radical (unpaired) electrons. The highest BCUT2D eigenvalue weighted by atomic mass is 16.5. The summed E-state index contributed by atoms with van der Waals surface area (Å²) in [5, 5.41) is 18.6. The van der Waals surface area contributed by atoms with E-state index in [1.54, 1.807) is 37.5 Å². The molecule has 0 fully saturated rings. The number of rotatable bonds is 5. The molecular weight excluding hydrogens is 284 g/mol. The molecule has 112 valence electrons. The third-order valence-corrected chi connectivity index (χ3v) is 3.03. The molecule has 2 aromatic rings. The summed E-state index contributed by atoms with van der Waals surface area (Å²) in [5.41, 5.74) is 0.636. The van der Waals surface area contributed by atoms with Crippen LogP contribution in [-0.2, 0) is 0 Å². The van der Waals surface area contributed by atoms with Gasteiger partial charge in [-0.2, -0.15) is 0 Å². The van der Waals surface area contributed by atoms with E-state index in [-0.39, 0.29) is 16.9 Å². The van der Waals surface area contributed by atoms with Crippen LogP contribution in [0.3, 0.4) is 0 Å². The number of methoxy groups -OCH3 is 1. The molecule has 0 spiro atoms. The molecule has 0 aliphatic carbocycles. The number of ketones is 1. The van der Waals surface area contributed by atoms with Crippen molar-refractivity contribution in [3.8, 4) is 11.5 Å². The predicted octanol–water partition coefficient (Wildman–Crippen LogP) is 3.00. The third-order valence-electron chi connectivity index (χ3n) is 3.03. The van der Waals surface area contributed by atoms with E-state index in [1.807, 2.05) is 0 Å². The zero-order valence-corrected chi connectivity index (χ0v) is 11.8. The van der Waals surface area contributed by atoms with Crippen LogP contribution in [0.1, 0.15) is 26.3 Å². The maximum Gasteiger partial charge on any atom is 0.335 e. The smallest absolute Gasteiger partial charge is 0.335 e. The molecule has 0 aromatic heterocycles. The molecule has 2 aromatic carbocycles. The lowest BCUT2D eigenvalue weighted by molar-refractivity contribution is 0.0697. The van der Waals surface area contributed by atoms with E-state index < -0.39 is 11.8 Å². The van der Waals surface area contributed by atoms with Gasteiger partial charge in [-0.05, 0) is 42.0 Å². The van der Waals surface area contributed by atoms with Gasteiger partial charge in [-0.25, -0.2) is 4.79 Å². The summed E-state index contributed by atoms with van der Waals surface area (Å²) in [7, 11) is 1.55. The Hall–Kier alpha value is -3.08. The number of hydrogen-bond acceptors (Lipinski definition) is 4. The largest absolute Gasteiger partial charge is 0.507 e. The predicted molar refractivity (Wildman–Crippen MR) is 81.4 cm³/mol. The zero-order valence-electron chi connectivity index (χ0n) is 11.8. The highest BCUT2D eigenvalue weighted by Crippen LogP contribution is 2.20. The first kappa shape index (κ1) is 15.3. The summed E-state index contributed by atoms with van der Waals surface area (Å²) in [4.78, 5) is 23.0. The lowest BCUT2D eigenvalue weighted by Gasteiger charge is -2.03. The van der Waals surface area contributed by atoms with Crippen molar-refractivity contribution in [2.75, 3.05) is 7.11 Å². The summed E-state index contributed by atoms with van der Waals surface area (Å²) < 4.78 is 5.08. The average molecular weight is 298 g/mol.